The minimum absolute atomic E-state index is 0.196. The van der Waals surface area contributed by atoms with Gasteiger partial charge in [-0.1, -0.05) is 11.6 Å². The predicted molar refractivity (Wildman–Crippen MR) is 86.8 cm³/mol. The number of rotatable bonds is 3. The van der Waals surface area contributed by atoms with Crippen molar-refractivity contribution in [2.75, 3.05) is 39.3 Å². The second-order valence-corrected chi connectivity index (χ2v) is 7.65. The summed E-state index contributed by atoms with van der Waals surface area (Å²) in [5, 5.41) is 3.33. The molecule has 2 aliphatic heterocycles. The Morgan fingerprint density at radius 2 is 2.14 bits per heavy atom. The lowest BCUT2D eigenvalue weighted by Crippen LogP contribution is -2.51. The zero-order valence-electron chi connectivity index (χ0n) is 12.2. The van der Waals surface area contributed by atoms with Gasteiger partial charge in [0, 0.05) is 44.1 Å². The third-order valence-electron chi connectivity index (χ3n) is 4.34. The largest absolute Gasteiger partial charge is 0.340 e. The van der Waals surface area contributed by atoms with E-state index < -0.39 is 0 Å². The summed E-state index contributed by atoms with van der Waals surface area (Å²) in [5.74, 6) is 0.544. The molecule has 2 fully saturated rings. The fourth-order valence-corrected chi connectivity index (χ4v) is 4.23. The molecule has 3 rings (SSSR count). The SMILES string of the molecule is O=C([C@H]1CCCNC1)N1CCN(Cc2ccc(Cl)s2)CC1. The van der Waals surface area contributed by atoms with Crippen molar-refractivity contribution in [1.82, 2.24) is 15.1 Å². The maximum Gasteiger partial charge on any atom is 0.227 e. The topological polar surface area (TPSA) is 35.6 Å². The zero-order chi connectivity index (χ0) is 14.7. The number of carbonyl (C=O) groups is 1. The average molecular weight is 328 g/mol. The third kappa shape index (κ3) is 3.97. The number of halogens is 1. The Morgan fingerprint density at radius 3 is 2.76 bits per heavy atom. The molecule has 116 valence electrons. The van der Waals surface area contributed by atoms with E-state index in [4.69, 9.17) is 11.6 Å². The Labute approximate surface area is 135 Å². The van der Waals surface area contributed by atoms with Gasteiger partial charge in [-0.2, -0.15) is 0 Å². The molecule has 2 saturated heterocycles. The van der Waals surface area contributed by atoms with Crippen LogP contribution in [0.4, 0.5) is 0 Å². The Morgan fingerprint density at radius 1 is 1.33 bits per heavy atom. The fraction of sp³-hybridized carbons (Fsp3) is 0.667. The zero-order valence-corrected chi connectivity index (χ0v) is 13.8. The number of thiophene rings is 1. The van der Waals surface area contributed by atoms with Crippen LogP contribution in [0.3, 0.4) is 0 Å². The molecule has 21 heavy (non-hydrogen) atoms. The van der Waals surface area contributed by atoms with E-state index in [1.54, 1.807) is 11.3 Å². The first-order valence-corrected chi connectivity index (χ1v) is 8.88. The second-order valence-electron chi connectivity index (χ2n) is 5.85. The van der Waals surface area contributed by atoms with Crippen LogP contribution in [0.1, 0.15) is 17.7 Å². The molecule has 0 aromatic carbocycles. The smallest absolute Gasteiger partial charge is 0.227 e. The first-order valence-electron chi connectivity index (χ1n) is 7.68. The number of amides is 1. The summed E-state index contributed by atoms with van der Waals surface area (Å²) in [5.41, 5.74) is 0. The van der Waals surface area contributed by atoms with Gasteiger partial charge in [0.15, 0.2) is 0 Å². The number of nitrogens with zero attached hydrogens (tertiary/aromatic N) is 2. The van der Waals surface area contributed by atoms with E-state index >= 15 is 0 Å². The average Bonchev–Trinajstić information content (AvgIpc) is 2.93. The molecular formula is C15H22ClN3OS. The van der Waals surface area contributed by atoms with Crippen LogP contribution < -0.4 is 5.32 Å². The molecule has 6 heteroatoms. The first kappa shape index (κ1) is 15.3. The summed E-state index contributed by atoms with van der Waals surface area (Å²) in [4.78, 5) is 18.2. The van der Waals surface area contributed by atoms with Gasteiger partial charge in [0.05, 0.1) is 10.3 Å². The number of carbonyl (C=O) groups excluding carboxylic acids is 1. The summed E-state index contributed by atoms with van der Waals surface area (Å²) >= 11 is 7.62. The van der Waals surface area contributed by atoms with Crippen molar-refractivity contribution in [3.63, 3.8) is 0 Å². The van der Waals surface area contributed by atoms with E-state index in [1.165, 1.54) is 4.88 Å². The van der Waals surface area contributed by atoms with E-state index in [2.05, 4.69) is 21.2 Å². The number of hydrogen-bond donors (Lipinski definition) is 1. The molecular weight excluding hydrogens is 306 g/mol. The van der Waals surface area contributed by atoms with Crippen LogP contribution in [0.25, 0.3) is 0 Å². The van der Waals surface area contributed by atoms with Crippen molar-refractivity contribution in [2.24, 2.45) is 5.92 Å². The fourth-order valence-electron chi connectivity index (χ4n) is 3.10. The maximum absolute atomic E-state index is 12.5. The van der Waals surface area contributed by atoms with Crippen LogP contribution in [-0.2, 0) is 11.3 Å². The van der Waals surface area contributed by atoms with Gasteiger partial charge in [-0.05, 0) is 31.5 Å². The van der Waals surface area contributed by atoms with Crippen LogP contribution in [0.5, 0.6) is 0 Å². The normalized spacial score (nSPS) is 24.2. The molecule has 1 aromatic rings. The lowest BCUT2D eigenvalue weighted by Gasteiger charge is -2.37. The molecule has 1 N–H and O–H groups in total. The standard InChI is InChI=1S/C15H22ClN3OS/c16-14-4-3-13(21-14)11-18-6-8-19(9-7-18)15(20)12-2-1-5-17-10-12/h3-4,12,17H,1-2,5-11H2/t12-/m0/s1. The van der Waals surface area contributed by atoms with Crippen LogP contribution in [0.15, 0.2) is 12.1 Å². The van der Waals surface area contributed by atoms with Gasteiger partial charge >= 0.3 is 0 Å². The highest BCUT2D eigenvalue weighted by atomic mass is 35.5. The summed E-state index contributed by atoms with van der Waals surface area (Å²) in [7, 11) is 0. The molecule has 0 bridgehead atoms. The van der Waals surface area contributed by atoms with Gasteiger partial charge in [-0.3, -0.25) is 9.69 Å². The Balaban J connectivity index is 1.47. The molecule has 3 heterocycles. The molecule has 1 aromatic heterocycles. The summed E-state index contributed by atoms with van der Waals surface area (Å²) < 4.78 is 0.851. The maximum atomic E-state index is 12.5. The predicted octanol–water partition coefficient (Wildman–Crippen LogP) is 2.05. The summed E-state index contributed by atoms with van der Waals surface area (Å²) in [6.07, 6.45) is 2.16. The molecule has 2 aliphatic rings. The van der Waals surface area contributed by atoms with E-state index in [1.807, 2.05) is 6.07 Å². The highest BCUT2D eigenvalue weighted by Gasteiger charge is 2.28. The lowest BCUT2D eigenvalue weighted by atomic mass is 9.98. The molecule has 1 atom stereocenters. The van der Waals surface area contributed by atoms with Crippen LogP contribution in [0, 0.1) is 5.92 Å². The van der Waals surface area contributed by atoms with E-state index in [0.29, 0.717) is 5.91 Å². The first-order chi connectivity index (χ1) is 10.2. The van der Waals surface area contributed by atoms with Gasteiger partial charge < -0.3 is 10.2 Å². The number of piperazine rings is 1. The van der Waals surface area contributed by atoms with Crippen molar-refractivity contribution >= 4 is 28.8 Å². The van der Waals surface area contributed by atoms with Gasteiger partial charge in [0.2, 0.25) is 5.91 Å². The number of hydrogen-bond acceptors (Lipinski definition) is 4. The third-order valence-corrected chi connectivity index (χ3v) is 5.55. The van der Waals surface area contributed by atoms with E-state index in [9.17, 15) is 4.79 Å². The van der Waals surface area contributed by atoms with Crippen molar-refractivity contribution in [3.8, 4) is 0 Å². The Hall–Kier alpha value is -0.620. The Bertz CT molecular complexity index is 479. The van der Waals surface area contributed by atoms with Gasteiger partial charge in [-0.25, -0.2) is 0 Å². The molecule has 0 spiro atoms. The van der Waals surface area contributed by atoms with Crippen molar-refractivity contribution < 1.29 is 4.79 Å². The van der Waals surface area contributed by atoms with Crippen LogP contribution in [-0.4, -0.2) is 55.0 Å². The Kier molecular flexibility index (Phi) is 5.16. The molecule has 4 nitrogen and oxygen atoms in total. The minimum Gasteiger partial charge on any atom is -0.340 e. The molecule has 0 radical (unpaired) electrons. The molecule has 0 saturated carbocycles. The van der Waals surface area contributed by atoms with E-state index in [0.717, 1.165) is 63.0 Å². The van der Waals surface area contributed by atoms with Gasteiger partial charge in [-0.15, -0.1) is 11.3 Å². The van der Waals surface area contributed by atoms with Crippen LogP contribution in [0.2, 0.25) is 4.34 Å². The molecule has 0 unspecified atom stereocenters. The highest BCUT2D eigenvalue weighted by molar-refractivity contribution is 7.16. The minimum atomic E-state index is 0.196. The van der Waals surface area contributed by atoms with Gasteiger partial charge in [0.25, 0.3) is 0 Å². The highest BCUT2D eigenvalue weighted by Crippen LogP contribution is 2.23. The second kappa shape index (κ2) is 7.09. The number of nitrogens with one attached hydrogen (secondary N) is 1. The quantitative estimate of drug-likeness (QED) is 0.923. The lowest BCUT2D eigenvalue weighted by molar-refractivity contribution is -0.137. The molecule has 0 aliphatic carbocycles. The van der Waals surface area contributed by atoms with E-state index in [-0.39, 0.29) is 5.92 Å². The van der Waals surface area contributed by atoms with Crippen LogP contribution >= 0.6 is 22.9 Å². The van der Waals surface area contributed by atoms with Gasteiger partial charge in [0.1, 0.15) is 0 Å². The summed E-state index contributed by atoms with van der Waals surface area (Å²) in [6, 6.07) is 4.05. The monoisotopic (exact) mass is 327 g/mol. The van der Waals surface area contributed by atoms with Crippen molar-refractivity contribution in [3.05, 3.63) is 21.3 Å². The number of piperidine rings is 1. The molecule has 1 amide bonds. The van der Waals surface area contributed by atoms with Crippen molar-refractivity contribution in [1.29, 1.82) is 0 Å². The summed E-state index contributed by atoms with van der Waals surface area (Å²) in [6.45, 7) is 6.49. The van der Waals surface area contributed by atoms with Crippen molar-refractivity contribution in [2.45, 2.75) is 19.4 Å².